The molecular weight excluding hydrogens is 510 g/mol. The van der Waals surface area contributed by atoms with Crippen molar-refractivity contribution in [1.29, 1.82) is 0 Å². The van der Waals surface area contributed by atoms with E-state index >= 15 is 0 Å². The van der Waals surface area contributed by atoms with Gasteiger partial charge in [0.25, 0.3) is 10.0 Å². The molecule has 0 aliphatic heterocycles. The van der Waals surface area contributed by atoms with E-state index in [-0.39, 0.29) is 10.6 Å². The van der Waals surface area contributed by atoms with Gasteiger partial charge in [-0.15, -0.1) is 0 Å². The van der Waals surface area contributed by atoms with Crippen molar-refractivity contribution < 1.29 is 17.2 Å². The van der Waals surface area contributed by atoms with Crippen LogP contribution in [-0.4, -0.2) is 53.7 Å². The van der Waals surface area contributed by atoms with E-state index in [9.17, 15) is 17.2 Å². The number of sulfonamides is 1. The van der Waals surface area contributed by atoms with E-state index in [2.05, 4.69) is 24.7 Å². The molecule has 0 spiro atoms. The van der Waals surface area contributed by atoms with E-state index in [1.54, 1.807) is 12.4 Å². The summed E-state index contributed by atoms with van der Waals surface area (Å²) >= 11 is 0. The molecule has 3 aromatic heterocycles. The molecule has 0 aliphatic rings. The van der Waals surface area contributed by atoms with Gasteiger partial charge in [-0.2, -0.15) is 5.10 Å². The van der Waals surface area contributed by atoms with E-state index in [4.69, 9.17) is 0 Å². The van der Waals surface area contributed by atoms with Crippen LogP contribution in [-0.2, 0) is 16.6 Å². The van der Waals surface area contributed by atoms with Crippen LogP contribution in [0.2, 0.25) is 0 Å². The van der Waals surface area contributed by atoms with Gasteiger partial charge in [0.2, 0.25) is 0 Å². The number of anilines is 1. The first-order valence-corrected chi connectivity index (χ1v) is 13.2. The third kappa shape index (κ3) is 5.38. The molecule has 0 bridgehead atoms. The van der Waals surface area contributed by atoms with Crippen molar-refractivity contribution in [3.05, 3.63) is 91.1 Å². The number of pyridine rings is 2. The Labute approximate surface area is 218 Å². The summed E-state index contributed by atoms with van der Waals surface area (Å²) in [4.78, 5) is 10.5. The first kappa shape index (κ1) is 25.4. The zero-order valence-electron chi connectivity index (χ0n) is 20.6. The fraction of sp³-hybridized carbons (Fsp3) is 0.148. The summed E-state index contributed by atoms with van der Waals surface area (Å²) in [7, 11) is -0.167. The van der Waals surface area contributed by atoms with Gasteiger partial charge in [-0.3, -0.25) is 19.4 Å². The number of nitrogens with zero attached hydrogens (tertiary/aromatic N) is 5. The van der Waals surface area contributed by atoms with Crippen molar-refractivity contribution in [2.75, 3.05) is 25.4 Å². The van der Waals surface area contributed by atoms with Crippen molar-refractivity contribution in [2.24, 2.45) is 0 Å². The number of hydrogen-bond acceptors (Lipinski definition) is 6. The second-order valence-corrected chi connectivity index (χ2v) is 10.7. The maximum Gasteiger partial charge on any atom is 0.263 e. The Balaban J connectivity index is 1.49. The largest absolute Gasteiger partial charge is 0.308 e. The average Bonchev–Trinajstić information content (AvgIpc) is 3.37. The molecule has 0 amide bonds. The van der Waals surface area contributed by atoms with Crippen LogP contribution in [0.4, 0.5) is 14.5 Å². The minimum atomic E-state index is -4.18. The predicted octanol–water partition coefficient (Wildman–Crippen LogP) is 4.80. The lowest BCUT2D eigenvalue weighted by Gasteiger charge is -2.11. The number of hydrogen-bond donors (Lipinski definition) is 1. The topological polar surface area (TPSA) is 93.0 Å². The number of halogens is 2. The summed E-state index contributed by atoms with van der Waals surface area (Å²) in [5, 5.41) is 5.35. The molecule has 5 aromatic rings. The van der Waals surface area contributed by atoms with Crippen LogP contribution in [0.15, 0.2) is 84.4 Å². The highest BCUT2D eigenvalue weighted by Gasteiger charge is 2.18. The lowest BCUT2D eigenvalue weighted by Crippen LogP contribution is -2.18. The fourth-order valence-corrected chi connectivity index (χ4v) is 5.06. The molecule has 0 saturated carbocycles. The second kappa shape index (κ2) is 10.3. The molecule has 0 fully saturated rings. The van der Waals surface area contributed by atoms with Crippen LogP contribution in [0.1, 0.15) is 0 Å². The molecule has 0 atom stereocenters. The first-order chi connectivity index (χ1) is 18.2. The van der Waals surface area contributed by atoms with E-state index in [1.165, 1.54) is 12.3 Å². The molecule has 0 unspecified atom stereocenters. The SMILES string of the molecule is CN(C)CCn1cc(-c2ccnc3ccc(-c4cncc(S(=O)(=O)Nc5ccc(F)cc5F)c4)cc23)cn1. The number of fused-ring (bicyclic) bond motifs is 1. The van der Waals surface area contributed by atoms with Gasteiger partial charge < -0.3 is 4.90 Å². The second-order valence-electron chi connectivity index (χ2n) is 9.02. The average molecular weight is 535 g/mol. The monoisotopic (exact) mass is 534 g/mol. The quantitative estimate of drug-likeness (QED) is 0.307. The highest BCUT2D eigenvalue weighted by atomic mass is 32.2. The van der Waals surface area contributed by atoms with Crippen LogP contribution < -0.4 is 4.72 Å². The van der Waals surface area contributed by atoms with Crippen LogP contribution in [0.5, 0.6) is 0 Å². The van der Waals surface area contributed by atoms with Gasteiger partial charge in [0.1, 0.15) is 16.5 Å². The van der Waals surface area contributed by atoms with Gasteiger partial charge in [0.15, 0.2) is 0 Å². The van der Waals surface area contributed by atoms with E-state index < -0.39 is 21.7 Å². The van der Waals surface area contributed by atoms with E-state index in [0.29, 0.717) is 11.6 Å². The first-order valence-electron chi connectivity index (χ1n) is 11.7. The standard InChI is InChI=1S/C27H24F2N6O2S/c1-34(2)9-10-35-17-20(15-32-35)23-7-8-31-26-5-3-18(12-24(23)26)19-11-22(16-30-14-19)38(36,37)33-27-6-4-21(28)13-25(27)29/h3-8,11-17,33H,9-10H2,1-2H3. The molecule has 1 N–H and O–H groups in total. The van der Waals surface area contributed by atoms with Crippen molar-refractivity contribution in [1.82, 2.24) is 24.6 Å². The maximum absolute atomic E-state index is 14.1. The van der Waals surface area contributed by atoms with Crippen molar-refractivity contribution >= 4 is 26.6 Å². The predicted molar refractivity (Wildman–Crippen MR) is 142 cm³/mol. The highest BCUT2D eigenvalue weighted by molar-refractivity contribution is 7.92. The number of benzene rings is 2. The Morgan fingerprint density at radius 1 is 0.947 bits per heavy atom. The van der Waals surface area contributed by atoms with E-state index in [1.807, 2.05) is 55.4 Å². The zero-order valence-corrected chi connectivity index (χ0v) is 21.5. The Kier molecular flexibility index (Phi) is 6.87. The minimum Gasteiger partial charge on any atom is -0.308 e. The molecule has 0 radical (unpaired) electrons. The smallest absolute Gasteiger partial charge is 0.263 e. The summed E-state index contributed by atoms with van der Waals surface area (Å²) in [6.45, 7) is 1.61. The third-order valence-electron chi connectivity index (χ3n) is 5.99. The summed E-state index contributed by atoms with van der Waals surface area (Å²) in [6, 6.07) is 11.6. The summed E-state index contributed by atoms with van der Waals surface area (Å²) in [5.41, 5.74) is 3.57. The van der Waals surface area contributed by atoms with Gasteiger partial charge in [-0.05, 0) is 61.6 Å². The summed E-state index contributed by atoms with van der Waals surface area (Å²) in [6.07, 6.45) is 8.26. The van der Waals surface area contributed by atoms with E-state index in [0.717, 1.165) is 52.8 Å². The van der Waals surface area contributed by atoms with Gasteiger partial charge in [-0.25, -0.2) is 17.2 Å². The highest BCUT2D eigenvalue weighted by Crippen LogP contribution is 2.32. The number of aromatic nitrogens is 4. The Morgan fingerprint density at radius 2 is 1.79 bits per heavy atom. The Morgan fingerprint density at radius 3 is 2.58 bits per heavy atom. The molecule has 0 aliphatic carbocycles. The molecule has 8 nitrogen and oxygen atoms in total. The van der Waals surface area contributed by atoms with Gasteiger partial charge >= 0.3 is 0 Å². The van der Waals surface area contributed by atoms with Gasteiger partial charge in [0.05, 0.1) is 23.9 Å². The normalized spacial score (nSPS) is 11.8. The number of likely N-dealkylation sites (N-methyl/N-ethyl adjacent to an activating group) is 1. The fourth-order valence-electron chi connectivity index (χ4n) is 4.00. The van der Waals surface area contributed by atoms with Crippen molar-refractivity contribution in [3.8, 4) is 22.3 Å². The van der Waals surface area contributed by atoms with Crippen LogP contribution in [0, 0.1) is 11.6 Å². The zero-order chi connectivity index (χ0) is 26.9. The van der Waals surface area contributed by atoms with Gasteiger partial charge in [0, 0.05) is 53.9 Å². The summed E-state index contributed by atoms with van der Waals surface area (Å²) in [5.74, 6) is -1.82. The Bertz CT molecular complexity index is 1740. The molecule has 3 heterocycles. The van der Waals surface area contributed by atoms with Crippen molar-refractivity contribution in [3.63, 3.8) is 0 Å². The number of nitrogens with one attached hydrogen (secondary N) is 1. The van der Waals surface area contributed by atoms with Crippen LogP contribution in [0.3, 0.4) is 0 Å². The molecule has 0 saturated heterocycles. The molecular formula is C27H24F2N6O2S. The molecule has 2 aromatic carbocycles. The van der Waals surface area contributed by atoms with Crippen molar-refractivity contribution in [2.45, 2.75) is 11.4 Å². The molecule has 38 heavy (non-hydrogen) atoms. The lowest BCUT2D eigenvalue weighted by atomic mass is 9.99. The lowest BCUT2D eigenvalue weighted by molar-refractivity contribution is 0.373. The molecule has 5 rings (SSSR count). The summed E-state index contributed by atoms with van der Waals surface area (Å²) < 4.78 is 57.2. The molecule has 11 heteroatoms. The van der Waals surface area contributed by atoms with Gasteiger partial charge in [-0.1, -0.05) is 6.07 Å². The number of rotatable bonds is 8. The third-order valence-corrected chi connectivity index (χ3v) is 7.33. The Hall–Kier alpha value is -4.22. The van der Waals surface area contributed by atoms with Crippen LogP contribution in [0.25, 0.3) is 33.2 Å². The maximum atomic E-state index is 14.1. The molecule has 194 valence electrons. The van der Waals surface area contributed by atoms with Crippen LogP contribution >= 0.6 is 0 Å². The minimum absolute atomic E-state index is 0.160.